The van der Waals surface area contributed by atoms with Crippen LogP contribution >= 0.6 is 0 Å². The molecule has 2 aliphatic rings. The highest BCUT2D eigenvalue weighted by atomic mass is 16.5. The molecule has 1 aliphatic heterocycles. The lowest BCUT2D eigenvalue weighted by molar-refractivity contribution is -0.0321. The molecule has 3 rings (SSSR count). The number of benzene rings is 1. The van der Waals surface area contributed by atoms with E-state index in [1.165, 1.54) is 31.2 Å². The Morgan fingerprint density at radius 1 is 1.16 bits per heavy atom. The molecule has 2 nitrogen and oxygen atoms in total. The summed E-state index contributed by atoms with van der Waals surface area (Å²) < 4.78 is 6.54. The van der Waals surface area contributed by atoms with E-state index in [0.29, 0.717) is 6.04 Å². The minimum absolute atomic E-state index is 0.0837. The van der Waals surface area contributed by atoms with E-state index >= 15 is 0 Å². The van der Waals surface area contributed by atoms with Crippen molar-refractivity contribution in [2.75, 3.05) is 13.1 Å². The molecule has 0 bridgehead atoms. The average molecular weight is 259 g/mol. The number of likely N-dealkylation sites (N-methyl/N-ethyl adjacent to an activating group) is 1. The van der Waals surface area contributed by atoms with Gasteiger partial charge in [-0.15, -0.1) is 0 Å². The number of rotatable bonds is 3. The smallest absolute Gasteiger partial charge is 0.125 e. The van der Waals surface area contributed by atoms with Crippen LogP contribution in [0.5, 0.6) is 5.75 Å². The van der Waals surface area contributed by atoms with Crippen molar-refractivity contribution in [2.45, 2.75) is 57.6 Å². The zero-order chi connectivity index (χ0) is 13.3. The van der Waals surface area contributed by atoms with Crippen LogP contribution in [0.2, 0.25) is 0 Å². The number of fused-ring (bicyclic) bond motifs is 1. The minimum Gasteiger partial charge on any atom is -0.485 e. The lowest BCUT2D eigenvalue weighted by Gasteiger charge is -2.47. The molecule has 1 aromatic carbocycles. The first-order valence-electron chi connectivity index (χ1n) is 7.80. The van der Waals surface area contributed by atoms with Gasteiger partial charge in [0.2, 0.25) is 0 Å². The molecule has 1 unspecified atom stereocenters. The predicted molar refractivity (Wildman–Crippen MR) is 78.7 cm³/mol. The normalized spacial score (nSPS) is 24.5. The Morgan fingerprint density at radius 3 is 2.53 bits per heavy atom. The zero-order valence-electron chi connectivity index (χ0n) is 12.2. The van der Waals surface area contributed by atoms with Crippen LogP contribution in [0.3, 0.4) is 0 Å². The van der Waals surface area contributed by atoms with Gasteiger partial charge in [0.05, 0.1) is 6.04 Å². The zero-order valence-corrected chi connectivity index (χ0v) is 12.2. The Hall–Kier alpha value is -1.02. The third-order valence-corrected chi connectivity index (χ3v) is 5.01. The van der Waals surface area contributed by atoms with Crippen molar-refractivity contribution < 1.29 is 4.74 Å². The molecule has 2 heteroatoms. The van der Waals surface area contributed by atoms with Crippen LogP contribution in [-0.4, -0.2) is 29.6 Å². The molecule has 0 amide bonds. The van der Waals surface area contributed by atoms with Gasteiger partial charge in [0.15, 0.2) is 0 Å². The van der Waals surface area contributed by atoms with Gasteiger partial charge in [0.1, 0.15) is 11.4 Å². The van der Waals surface area contributed by atoms with Crippen LogP contribution in [0.4, 0.5) is 0 Å². The van der Waals surface area contributed by atoms with Gasteiger partial charge in [-0.05, 0) is 56.8 Å². The molecule has 19 heavy (non-hydrogen) atoms. The number of ether oxygens (including phenoxy) is 1. The van der Waals surface area contributed by atoms with Gasteiger partial charge in [-0.3, -0.25) is 4.90 Å². The van der Waals surface area contributed by atoms with Gasteiger partial charge < -0.3 is 4.74 Å². The van der Waals surface area contributed by atoms with Crippen LogP contribution in [0, 0.1) is 0 Å². The molecule has 0 saturated heterocycles. The Morgan fingerprint density at radius 2 is 1.84 bits per heavy atom. The molecule has 104 valence electrons. The predicted octanol–water partition coefficient (Wildman–Crippen LogP) is 3.64. The number of nitrogens with zero attached hydrogens (tertiary/aromatic N) is 1. The lowest BCUT2D eigenvalue weighted by Crippen LogP contribution is -2.57. The molecular formula is C17H25NO. The first-order chi connectivity index (χ1) is 9.29. The largest absolute Gasteiger partial charge is 0.485 e. The van der Waals surface area contributed by atoms with E-state index < -0.39 is 0 Å². The quantitative estimate of drug-likeness (QED) is 0.821. The summed E-state index contributed by atoms with van der Waals surface area (Å²) >= 11 is 0. The molecule has 1 spiro atoms. The highest BCUT2D eigenvalue weighted by molar-refractivity contribution is 5.38. The summed E-state index contributed by atoms with van der Waals surface area (Å²) in [6, 6.07) is 9.16. The summed E-state index contributed by atoms with van der Waals surface area (Å²) in [4.78, 5) is 2.60. The molecule has 0 N–H and O–H groups in total. The second-order valence-corrected chi connectivity index (χ2v) is 5.92. The Labute approximate surface area is 116 Å². The number of hydrogen-bond donors (Lipinski definition) is 0. The SMILES string of the molecule is CCN(CC)C1Cc2ccccc2OC12CCCC2. The first-order valence-corrected chi connectivity index (χ1v) is 7.80. The maximum Gasteiger partial charge on any atom is 0.125 e. The Balaban J connectivity index is 1.96. The van der Waals surface area contributed by atoms with Crippen LogP contribution in [0.1, 0.15) is 45.1 Å². The Kier molecular flexibility index (Phi) is 3.53. The van der Waals surface area contributed by atoms with Crippen molar-refractivity contribution >= 4 is 0 Å². The standard InChI is InChI=1S/C17H25NO/c1-3-18(4-2)16-13-14-9-5-6-10-15(14)19-17(16)11-7-8-12-17/h5-6,9-10,16H,3-4,7-8,11-13H2,1-2H3. The monoisotopic (exact) mass is 259 g/mol. The molecule has 1 heterocycles. The number of para-hydroxylation sites is 1. The van der Waals surface area contributed by atoms with Gasteiger partial charge in [-0.25, -0.2) is 0 Å². The first kappa shape index (κ1) is 13.0. The molecular weight excluding hydrogens is 234 g/mol. The molecule has 1 atom stereocenters. The molecule has 0 aromatic heterocycles. The molecule has 1 aliphatic carbocycles. The van der Waals surface area contributed by atoms with Gasteiger partial charge in [0, 0.05) is 0 Å². The average Bonchev–Trinajstić information content (AvgIpc) is 2.90. The van der Waals surface area contributed by atoms with Crippen LogP contribution in [-0.2, 0) is 6.42 Å². The van der Waals surface area contributed by atoms with E-state index in [1.807, 2.05) is 0 Å². The van der Waals surface area contributed by atoms with Crippen molar-refractivity contribution in [1.82, 2.24) is 4.90 Å². The molecule has 1 fully saturated rings. The summed E-state index contributed by atoms with van der Waals surface area (Å²) in [6.07, 6.45) is 6.24. The highest BCUT2D eigenvalue weighted by Crippen LogP contribution is 2.44. The van der Waals surface area contributed by atoms with Crippen molar-refractivity contribution in [1.29, 1.82) is 0 Å². The van der Waals surface area contributed by atoms with E-state index in [9.17, 15) is 0 Å². The van der Waals surface area contributed by atoms with Crippen molar-refractivity contribution in [3.63, 3.8) is 0 Å². The van der Waals surface area contributed by atoms with Gasteiger partial charge in [0.25, 0.3) is 0 Å². The minimum atomic E-state index is 0.0837. The number of hydrogen-bond acceptors (Lipinski definition) is 2. The highest BCUT2D eigenvalue weighted by Gasteiger charge is 2.48. The van der Waals surface area contributed by atoms with Crippen LogP contribution in [0.25, 0.3) is 0 Å². The van der Waals surface area contributed by atoms with E-state index in [2.05, 4.69) is 43.0 Å². The third kappa shape index (κ3) is 2.16. The fraction of sp³-hybridized carbons (Fsp3) is 0.647. The summed E-state index contributed by atoms with van der Waals surface area (Å²) in [5.74, 6) is 1.13. The summed E-state index contributed by atoms with van der Waals surface area (Å²) in [5, 5.41) is 0. The summed E-state index contributed by atoms with van der Waals surface area (Å²) in [7, 11) is 0. The van der Waals surface area contributed by atoms with Gasteiger partial charge in [-0.2, -0.15) is 0 Å². The van der Waals surface area contributed by atoms with Gasteiger partial charge >= 0.3 is 0 Å². The fourth-order valence-electron chi connectivity index (χ4n) is 3.99. The van der Waals surface area contributed by atoms with E-state index in [1.54, 1.807) is 0 Å². The van der Waals surface area contributed by atoms with Crippen molar-refractivity contribution in [3.05, 3.63) is 29.8 Å². The Bertz CT molecular complexity index is 433. The summed E-state index contributed by atoms with van der Waals surface area (Å²) in [5.41, 5.74) is 1.47. The molecule has 1 saturated carbocycles. The molecule has 0 radical (unpaired) electrons. The third-order valence-electron chi connectivity index (χ3n) is 5.01. The van der Waals surface area contributed by atoms with Crippen LogP contribution < -0.4 is 4.74 Å². The van der Waals surface area contributed by atoms with E-state index in [-0.39, 0.29) is 5.60 Å². The van der Waals surface area contributed by atoms with E-state index in [4.69, 9.17) is 4.74 Å². The summed E-state index contributed by atoms with van der Waals surface area (Å²) in [6.45, 7) is 6.78. The van der Waals surface area contributed by atoms with E-state index in [0.717, 1.165) is 25.3 Å². The maximum atomic E-state index is 6.54. The maximum absolute atomic E-state index is 6.54. The van der Waals surface area contributed by atoms with Crippen molar-refractivity contribution in [3.8, 4) is 5.75 Å². The lowest BCUT2D eigenvalue weighted by atomic mass is 9.83. The van der Waals surface area contributed by atoms with Crippen LogP contribution in [0.15, 0.2) is 24.3 Å². The van der Waals surface area contributed by atoms with Crippen molar-refractivity contribution in [2.24, 2.45) is 0 Å². The second-order valence-electron chi connectivity index (χ2n) is 5.92. The topological polar surface area (TPSA) is 12.5 Å². The molecule has 1 aromatic rings. The van der Waals surface area contributed by atoms with Gasteiger partial charge in [-0.1, -0.05) is 32.0 Å². The fourth-order valence-corrected chi connectivity index (χ4v) is 3.99. The second kappa shape index (κ2) is 5.16.